The molecule has 0 aliphatic carbocycles. The second-order valence-electron chi connectivity index (χ2n) is 4.82. The van der Waals surface area contributed by atoms with Gasteiger partial charge in [-0.05, 0) is 30.2 Å². The van der Waals surface area contributed by atoms with E-state index in [1.165, 1.54) is 0 Å². The molecule has 1 atom stereocenters. The molecule has 0 saturated carbocycles. The maximum atomic E-state index is 9.52. The minimum absolute atomic E-state index is 0.431. The van der Waals surface area contributed by atoms with Gasteiger partial charge in [-0.3, -0.25) is 4.98 Å². The lowest BCUT2D eigenvalue weighted by atomic mass is 10.2. The highest BCUT2D eigenvalue weighted by Crippen LogP contribution is 2.18. The molecule has 0 amide bonds. The van der Waals surface area contributed by atoms with Crippen LogP contribution in [0.4, 0.5) is 5.82 Å². The molecule has 2 heterocycles. The first-order chi connectivity index (χ1) is 10.2. The Morgan fingerprint density at radius 3 is 2.76 bits per heavy atom. The Kier molecular flexibility index (Phi) is 5.24. The van der Waals surface area contributed by atoms with Crippen LogP contribution < -0.4 is 4.90 Å². The first-order valence-corrected chi connectivity index (χ1v) is 6.85. The van der Waals surface area contributed by atoms with Crippen molar-refractivity contribution in [3.63, 3.8) is 0 Å². The zero-order chi connectivity index (χ0) is 15.1. The Morgan fingerprint density at radius 2 is 2.19 bits per heavy atom. The summed E-state index contributed by atoms with van der Waals surface area (Å²) in [5.74, 6) is 0.790. The second kappa shape index (κ2) is 7.36. The molecule has 108 valence electrons. The van der Waals surface area contributed by atoms with E-state index in [0.717, 1.165) is 16.9 Å². The van der Waals surface area contributed by atoms with Gasteiger partial charge in [0, 0.05) is 31.7 Å². The average molecular weight is 282 g/mol. The third-order valence-electron chi connectivity index (χ3n) is 3.17. The lowest BCUT2D eigenvalue weighted by Gasteiger charge is -2.23. The summed E-state index contributed by atoms with van der Waals surface area (Å²) in [5.41, 5.74) is 1.84. The van der Waals surface area contributed by atoms with Gasteiger partial charge in [0.2, 0.25) is 0 Å². The van der Waals surface area contributed by atoms with Crippen LogP contribution in [0.3, 0.4) is 0 Å². The molecule has 0 fully saturated rings. The van der Waals surface area contributed by atoms with E-state index in [4.69, 9.17) is 5.26 Å². The van der Waals surface area contributed by atoms with Gasteiger partial charge in [0.05, 0.1) is 18.6 Å². The van der Waals surface area contributed by atoms with Gasteiger partial charge in [-0.1, -0.05) is 12.1 Å². The number of aliphatic hydroxyl groups excluding tert-OH is 1. The molecule has 0 aliphatic heterocycles. The van der Waals surface area contributed by atoms with E-state index in [1.807, 2.05) is 35.4 Å². The summed E-state index contributed by atoms with van der Waals surface area (Å²) in [6.07, 6.45) is 5.11. The fourth-order valence-corrected chi connectivity index (χ4v) is 2.00. The molecule has 2 aromatic heterocycles. The van der Waals surface area contributed by atoms with Crippen LogP contribution in [0.1, 0.15) is 30.6 Å². The van der Waals surface area contributed by atoms with E-state index in [0.29, 0.717) is 19.5 Å². The van der Waals surface area contributed by atoms with Crippen LogP contribution in [0.25, 0.3) is 0 Å². The number of aromatic nitrogens is 2. The highest BCUT2D eigenvalue weighted by Gasteiger charge is 2.10. The van der Waals surface area contributed by atoms with Crippen LogP contribution in [-0.2, 0) is 6.54 Å². The number of nitrogens with zero attached hydrogens (tertiary/aromatic N) is 4. The largest absolute Gasteiger partial charge is 0.389 e. The van der Waals surface area contributed by atoms with Crippen molar-refractivity contribution < 1.29 is 5.11 Å². The molecular formula is C16H18N4O. The summed E-state index contributed by atoms with van der Waals surface area (Å²) in [5, 5.41) is 18.3. The molecule has 0 aromatic carbocycles. The Balaban J connectivity index is 2.17. The third kappa shape index (κ3) is 4.26. The Bertz CT molecular complexity index is 590. The average Bonchev–Trinajstić information content (AvgIpc) is 2.52. The molecule has 2 rings (SSSR count). The minimum atomic E-state index is -0.530. The molecule has 21 heavy (non-hydrogen) atoms. The van der Waals surface area contributed by atoms with Crippen molar-refractivity contribution in [2.45, 2.75) is 26.0 Å². The van der Waals surface area contributed by atoms with E-state index in [2.05, 4.69) is 16.0 Å². The monoisotopic (exact) mass is 282 g/mol. The number of anilines is 1. The van der Waals surface area contributed by atoms with Gasteiger partial charge >= 0.3 is 0 Å². The zero-order valence-electron chi connectivity index (χ0n) is 12.0. The smallest absolute Gasteiger partial charge is 0.128 e. The van der Waals surface area contributed by atoms with Crippen LogP contribution in [-0.4, -0.2) is 21.6 Å². The van der Waals surface area contributed by atoms with Crippen LogP contribution in [0, 0.1) is 11.3 Å². The summed E-state index contributed by atoms with van der Waals surface area (Å²) in [7, 11) is 0. The lowest BCUT2D eigenvalue weighted by Crippen LogP contribution is -2.24. The van der Waals surface area contributed by atoms with Gasteiger partial charge in [-0.15, -0.1) is 0 Å². The van der Waals surface area contributed by atoms with Gasteiger partial charge in [-0.2, -0.15) is 5.26 Å². The summed E-state index contributed by atoms with van der Waals surface area (Å²) in [4.78, 5) is 10.5. The molecule has 0 saturated heterocycles. The quantitative estimate of drug-likeness (QED) is 0.881. The molecule has 0 aliphatic rings. The van der Waals surface area contributed by atoms with E-state index in [1.54, 1.807) is 19.3 Å². The van der Waals surface area contributed by atoms with Crippen LogP contribution in [0.2, 0.25) is 0 Å². The van der Waals surface area contributed by atoms with Gasteiger partial charge in [-0.25, -0.2) is 4.98 Å². The van der Waals surface area contributed by atoms with Crippen LogP contribution in [0.5, 0.6) is 0 Å². The summed E-state index contributed by atoms with van der Waals surface area (Å²) >= 11 is 0. The van der Waals surface area contributed by atoms with E-state index in [-0.39, 0.29) is 0 Å². The van der Waals surface area contributed by atoms with Gasteiger partial charge in [0.25, 0.3) is 0 Å². The second-order valence-corrected chi connectivity index (χ2v) is 4.82. The first kappa shape index (κ1) is 14.9. The number of hydrogen-bond acceptors (Lipinski definition) is 5. The Morgan fingerprint density at radius 1 is 1.33 bits per heavy atom. The fourth-order valence-electron chi connectivity index (χ4n) is 2.00. The van der Waals surface area contributed by atoms with Crippen LogP contribution >= 0.6 is 0 Å². The van der Waals surface area contributed by atoms with E-state index < -0.39 is 6.10 Å². The molecule has 5 heteroatoms. The molecule has 0 bridgehead atoms. The number of rotatable bonds is 6. The molecule has 1 N–H and O–H groups in total. The van der Waals surface area contributed by atoms with Crippen molar-refractivity contribution in [3.8, 4) is 6.07 Å². The maximum absolute atomic E-state index is 9.52. The minimum Gasteiger partial charge on any atom is -0.389 e. The summed E-state index contributed by atoms with van der Waals surface area (Å²) in [6, 6.07) is 9.77. The highest BCUT2D eigenvalue weighted by atomic mass is 16.3. The number of nitriles is 1. The van der Waals surface area contributed by atoms with E-state index in [9.17, 15) is 5.11 Å². The normalized spacial score (nSPS) is 11.7. The molecule has 1 unspecified atom stereocenters. The van der Waals surface area contributed by atoms with Crippen molar-refractivity contribution >= 4 is 5.82 Å². The lowest BCUT2D eigenvalue weighted by molar-refractivity contribution is 0.199. The van der Waals surface area contributed by atoms with Crippen LogP contribution in [0.15, 0.2) is 42.9 Å². The van der Waals surface area contributed by atoms with Crippen molar-refractivity contribution in [2.75, 3.05) is 11.4 Å². The highest BCUT2D eigenvalue weighted by molar-refractivity contribution is 5.40. The molecule has 0 radical (unpaired) electrons. The predicted octanol–water partition coefficient (Wildman–Crippen LogP) is 2.45. The van der Waals surface area contributed by atoms with Gasteiger partial charge < -0.3 is 10.0 Å². The number of aliphatic hydroxyl groups is 1. The summed E-state index contributed by atoms with van der Waals surface area (Å²) < 4.78 is 0. The van der Waals surface area contributed by atoms with Crippen molar-refractivity contribution in [2.24, 2.45) is 0 Å². The van der Waals surface area contributed by atoms with Crippen molar-refractivity contribution in [1.82, 2.24) is 9.97 Å². The van der Waals surface area contributed by atoms with Crippen molar-refractivity contribution in [3.05, 3.63) is 54.0 Å². The number of hydrogen-bond donors (Lipinski definition) is 1. The standard InChI is InChI=1S/C16H18N4O/c1-13(21)15-5-6-16(19-11-15)20(9-3-7-17)12-14-4-2-8-18-10-14/h2,4-6,8,10-11,13,21H,3,9,12H2,1H3. The Labute approximate surface area is 124 Å². The SMILES string of the molecule is CC(O)c1ccc(N(CCC#N)Cc2cccnc2)nc1. The predicted molar refractivity (Wildman–Crippen MR) is 80.4 cm³/mol. The maximum Gasteiger partial charge on any atom is 0.128 e. The molecule has 0 spiro atoms. The fraction of sp³-hybridized carbons (Fsp3) is 0.312. The van der Waals surface area contributed by atoms with Gasteiger partial charge in [0.1, 0.15) is 5.82 Å². The molecule has 5 nitrogen and oxygen atoms in total. The van der Waals surface area contributed by atoms with Crippen molar-refractivity contribution in [1.29, 1.82) is 5.26 Å². The first-order valence-electron chi connectivity index (χ1n) is 6.85. The zero-order valence-corrected chi connectivity index (χ0v) is 12.0. The third-order valence-corrected chi connectivity index (χ3v) is 3.17. The number of pyridine rings is 2. The summed E-state index contributed by atoms with van der Waals surface area (Å²) in [6.45, 7) is 2.96. The van der Waals surface area contributed by atoms with E-state index >= 15 is 0 Å². The van der Waals surface area contributed by atoms with Gasteiger partial charge in [0.15, 0.2) is 0 Å². The molecular weight excluding hydrogens is 264 g/mol. The Hall–Kier alpha value is -2.45. The molecule has 2 aromatic rings. The topological polar surface area (TPSA) is 73.0 Å².